The third-order valence-corrected chi connectivity index (χ3v) is 6.18. The van der Waals surface area contributed by atoms with Crippen molar-refractivity contribution in [2.45, 2.75) is 45.2 Å². The van der Waals surface area contributed by atoms with Gasteiger partial charge in [-0.25, -0.2) is 8.78 Å². The van der Waals surface area contributed by atoms with Crippen LogP contribution in [0.15, 0.2) is 36.4 Å². The monoisotopic (exact) mass is 551 g/mol. The largest absolute Gasteiger partial charge is 0.479 e. The van der Waals surface area contributed by atoms with Gasteiger partial charge in [-0.15, -0.1) is 0 Å². The molecule has 1 fully saturated rings. The van der Waals surface area contributed by atoms with Gasteiger partial charge >= 0.3 is 0 Å². The Morgan fingerprint density at radius 2 is 1.64 bits per heavy atom. The van der Waals surface area contributed by atoms with E-state index < -0.39 is 71.2 Å². The molecule has 12 heteroatoms. The van der Waals surface area contributed by atoms with Crippen molar-refractivity contribution in [3.63, 3.8) is 0 Å². The van der Waals surface area contributed by atoms with E-state index in [1.165, 1.54) is 0 Å². The zero-order chi connectivity index (χ0) is 28.7. The van der Waals surface area contributed by atoms with Crippen LogP contribution in [0.5, 0.6) is 5.75 Å². The van der Waals surface area contributed by atoms with Crippen molar-refractivity contribution in [3.05, 3.63) is 65.2 Å². The number of hydrogen-bond donors (Lipinski definition) is 3. The maximum Gasteiger partial charge on any atom is 0.251 e. The van der Waals surface area contributed by atoms with E-state index in [1.54, 1.807) is 30.3 Å². The molecule has 0 aromatic heterocycles. The van der Waals surface area contributed by atoms with Gasteiger partial charge in [0, 0.05) is 24.1 Å². The van der Waals surface area contributed by atoms with Crippen LogP contribution in [0.25, 0.3) is 0 Å². The van der Waals surface area contributed by atoms with Gasteiger partial charge in [0.25, 0.3) is 5.91 Å². The zero-order valence-corrected chi connectivity index (χ0v) is 21.4. The number of halogens is 4. The Morgan fingerprint density at radius 3 is 2.21 bits per heavy atom. The quantitative estimate of drug-likeness (QED) is 0.277. The number of carbonyl (C=O) groups is 4. The van der Waals surface area contributed by atoms with Crippen molar-refractivity contribution < 1.29 is 41.5 Å². The lowest BCUT2D eigenvalue weighted by molar-refractivity contribution is -0.131. The normalized spacial score (nSPS) is 16.4. The molecule has 3 amide bonds. The SMILES string of the molecule is CC(C)C[C@H](NC(=O)c1ccccc1)C(=O)N[C@@H](C[C@@H]1CCNC1=O)C(=O)COc1c(F)c(F)cc(F)c1F. The van der Waals surface area contributed by atoms with Gasteiger partial charge < -0.3 is 20.7 Å². The predicted molar refractivity (Wildman–Crippen MR) is 132 cm³/mol. The van der Waals surface area contributed by atoms with Crippen LogP contribution in [0, 0.1) is 35.1 Å². The van der Waals surface area contributed by atoms with E-state index >= 15 is 0 Å². The first kappa shape index (κ1) is 29.6. The van der Waals surface area contributed by atoms with Crippen LogP contribution in [-0.2, 0) is 14.4 Å². The van der Waals surface area contributed by atoms with E-state index in [-0.39, 0.29) is 30.7 Å². The van der Waals surface area contributed by atoms with Crippen molar-refractivity contribution in [3.8, 4) is 5.75 Å². The molecule has 0 spiro atoms. The molecular formula is C27H29F4N3O5. The standard InChI is InChI=1S/C27H29F4N3O5/c1-14(2)10-20(34-26(37)15-6-4-3-5-7-15)27(38)33-19(11-16-8-9-32-25(16)36)21(35)13-39-24-22(30)17(28)12-18(29)23(24)31/h3-7,12,14,16,19-20H,8-11,13H2,1-2H3,(H,32,36)(H,33,38)(H,34,37)/t16-,19-,20-/m0/s1. The molecule has 2 aromatic rings. The maximum absolute atomic E-state index is 14.0. The molecule has 0 saturated carbocycles. The van der Waals surface area contributed by atoms with Gasteiger partial charge in [-0.1, -0.05) is 32.0 Å². The first-order valence-electron chi connectivity index (χ1n) is 12.4. The number of nitrogens with one attached hydrogen (secondary N) is 3. The van der Waals surface area contributed by atoms with E-state index in [4.69, 9.17) is 4.74 Å². The number of benzene rings is 2. The van der Waals surface area contributed by atoms with Gasteiger partial charge in [0.2, 0.25) is 23.4 Å². The molecule has 8 nitrogen and oxygen atoms in total. The van der Waals surface area contributed by atoms with Crippen LogP contribution in [-0.4, -0.2) is 48.7 Å². The third-order valence-electron chi connectivity index (χ3n) is 6.18. The second-order valence-electron chi connectivity index (χ2n) is 9.65. The molecule has 2 aromatic carbocycles. The number of amides is 3. The van der Waals surface area contributed by atoms with Crippen LogP contribution in [0.4, 0.5) is 17.6 Å². The van der Waals surface area contributed by atoms with Crippen LogP contribution in [0.2, 0.25) is 0 Å². The molecular weight excluding hydrogens is 522 g/mol. The fourth-order valence-electron chi connectivity index (χ4n) is 4.15. The molecule has 210 valence electrons. The van der Waals surface area contributed by atoms with E-state index in [0.29, 0.717) is 18.5 Å². The maximum atomic E-state index is 14.0. The second-order valence-corrected chi connectivity index (χ2v) is 9.65. The molecule has 1 saturated heterocycles. The topological polar surface area (TPSA) is 114 Å². The third kappa shape index (κ3) is 7.78. The predicted octanol–water partition coefficient (Wildman–Crippen LogP) is 3.05. The van der Waals surface area contributed by atoms with Gasteiger partial charge in [-0.2, -0.15) is 8.78 Å². The molecule has 0 radical (unpaired) electrons. The Morgan fingerprint density at radius 1 is 1.00 bits per heavy atom. The Kier molecular flexibility index (Phi) is 10.0. The van der Waals surface area contributed by atoms with Crippen molar-refractivity contribution in [2.24, 2.45) is 11.8 Å². The molecule has 3 N–H and O–H groups in total. The highest BCUT2D eigenvalue weighted by atomic mass is 19.2. The molecule has 0 aliphatic carbocycles. The number of Topliss-reactive ketones (excluding diaryl/α,β-unsaturated/α-hetero) is 1. The fraction of sp³-hybridized carbons (Fsp3) is 0.407. The summed E-state index contributed by atoms with van der Waals surface area (Å²) >= 11 is 0. The first-order valence-corrected chi connectivity index (χ1v) is 12.4. The van der Waals surface area contributed by atoms with E-state index in [0.717, 1.165) is 0 Å². The van der Waals surface area contributed by atoms with Gasteiger partial charge in [-0.3, -0.25) is 19.2 Å². The number of ether oxygens (including phenoxy) is 1. The minimum Gasteiger partial charge on any atom is -0.479 e. The molecule has 0 bridgehead atoms. The average molecular weight is 552 g/mol. The van der Waals surface area contributed by atoms with Crippen LogP contribution in [0.3, 0.4) is 0 Å². The fourth-order valence-corrected chi connectivity index (χ4v) is 4.15. The summed E-state index contributed by atoms with van der Waals surface area (Å²) in [5.74, 6) is -11.7. The van der Waals surface area contributed by atoms with Crippen LogP contribution >= 0.6 is 0 Å². The smallest absolute Gasteiger partial charge is 0.251 e. The van der Waals surface area contributed by atoms with Crippen LogP contribution < -0.4 is 20.7 Å². The molecule has 3 atom stereocenters. The van der Waals surface area contributed by atoms with Gasteiger partial charge in [0.15, 0.2) is 23.2 Å². The lowest BCUT2D eigenvalue weighted by atomic mass is 9.95. The minimum absolute atomic E-state index is 0.000316. The summed E-state index contributed by atoms with van der Waals surface area (Å²) in [6, 6.07) is 5.75. The Bertz CT molecular complexity index is 1200. The molecule has 39 heavy (non-hydrogen) atoms. The highest BCUT2D eigenvalue weighted by molar-refractivity contribution is 5.98. The first-order chi connectivity index (χ1) is 18.5. The summed E-state index contributed by atoms with van der Waals surface area (Å²) in [7, 11) is 0. The lowest BCUT2D eigenvalue weighted by Crippen LogP contribution is -2.53. The summed E-state index contributed by atoms with van der Waals surface area (Å²) in [5, 5.41) is 7.77. The summed E-state index contributed by atoms with van der Waals surface area (Å²) in [4.78, 5) is 51.1. The molecule has 3 rings (SSSR count). The summed E-state index contributed by atoms with van der Waals surface area (Å²) < 4.78 is 59.8. The van der Waals surface area contributed by atoms with Crippen molar-refractivity contribution in [2.75, 3.05) is 13.2 Å². The molecule has 1 aliphatic heterocycles. The lowest BCUT2D eigenvalue weighted by Gasteiger charge is -2.25. The number of rotatable bonds is 12. The highest BCUT2D eigenvalue weighted by Crippen LogP contribution is 2.27. The zero-order valence-electron chi connectivity index (χ0n) is 21.4. The Hall–Kier alpha value is -3.96. The summed E-state index contributed by atoms with van der Waals surface area (Å²) in [5.41, 5.74) is 0.314. The second kappa shape index (κ2) is 13.2. The van der Waals surface area contributed by atoms with Crippen molar-refractivity contribution >= 4 is 23.5 Å². The van der Waals surface area contributed by atoms with Crippen molar-refractivity contribution in [1.29, 1.82) is 0 Å². The molecule has 1 heterocycles. The number of hydrogen-bond acceptors (Lipinski definition) is 5. The van der Waals surface area contributed by atoms with Crippen LogP contribution in [0.1, 0.15) is 43.5 Å². The van der Waals surface area contributed by atoms with E-state index in [1.807, 2.05) is 13.8 Å². The summed E-state index contributed by atoms with van der Waals surface area (Å²) in [6.45, 7) is 2.96. The van der Waals surface area contributed by atoms with Gasteiger partial charge in [0.1, 0.15) is 12.6 Å². The number of ketones is 1. The Balaban J connectivity index is 1.78. The average Bonchev–Trinajstić information content (AvgIpc) is 3.30. The summed E-state index contributed by atoms with van der Waals surface area (Å²) in [6.07, 6.45) is 0.422. The minimum atomic E-state index is -1.82. The highest BCUT2D eigenvalue weighted by Gasteiger charge is 2.34. The van der Waals surface area contributed by atoms with E-state index in [9.17, 15) is 36.7 Å². The van der Waals surface area contributed by atoms with Gasteiger partial charge in [0.05, 0.1) is 6.04 Å². The molecule has 1 aliphatic rings. The van der Waals surface area contributed by atoms with Crippen molar-refractivity contribution in [1.82, 2.24) is 16.0 Å². The number of carbonyl (C=O) groups excluding carboxylic acids is 4. The van der Waals surface area contributed by atoms with Gasteiger partial charge in [-0.05, 0) is 37.3 Å². The van der Waals surface area contributed by atoms with E-state index in [2.05, 4.69) is 16.0 Å². The Labute approximate surface area is 222 Å². The molecule has 0 unspecified atom stereocenters.